The third-order valence-electron chi connectivity index (χ3n) is 4.06. The van der Waals surface area contributed by atoms with E-state index in [1.165, 1.54) is 13.2 Å². The van der Waals surface area contributed by atoms with Crippen molar-refractivity contribution in [3.8, 4) is 5.75 Å². The molecule has 0 spiro atoms. The van der Waals surface area contributed by atoms with Crippen LogP contribution in [-0.2, 0) is 27.4 Å². The van der Waals surface area contributed by atoms with Gasteiger partial charge in [0.05, 0.1) is 13.5 Å². The van der Waals surface area contributed by atoms with Crippen LogP contribution in [0.15, 0.2) is 63.8 Å². The molecule has 0 atom stereocenters. The second kappa shape index (κ2) is 8.85. The predicted molar refractivity (Wildman–Crippen MR) is 102 cm³/mol. The van der Waals surface area contributed by atoms with Crippen molar-refractivity contribution in [2.45, 2.75) is 13.0 Å². The summed E-state index contributed by atoms with van der Waals surface area (Å²) in [6.45, 7) is -0.360. The van der Waals surface area contributed by atoms with E-state index in [4.69, 9.17) is 13.9 Å². The summed E-state index contributed by atoms with van der Waals surface area (Å²) in [7, 11) is 1.51. The molecule has 3 rings (SSSR count). The molecule has 0 radical (unpaired) electrons. The van der Waals surface area contributed by atoms with Crippen LogP contribution in [0, 0.1) is 0 Å². The van der Waals surface area contributed by atoms with E-state index in [9.17, 15) is 14.4 Å². The summed E-state index contributed by atoms with van der Waals surface area (Å²) in [4.78, 5) is 35.6. The lowest BCUT2D eigenvalue weighted by Gasteiger charge is -2.09. The van der Waals surface area contributed by atoms with E-state index in [-0.39, 0.29) is 25.5 Å². The molecule has 0 unspecified atom stereocenters. The lowest BCUT2D eigenvalue weighted by Crippen LogP contribution is -2.31. The maximum absolute atomic E-state index is 11.9. The Hall–Kier alpha value is -3.61. The third kappa shape index (κ3) is 4.97. The highest BCUT2D eigenvalue weighted by Gasteiger charge is 2.11. The largest absolute Gasteiger partial charge is 0.497 e. The quantitative estimate of drug-likeness (QED) is 0.498. The zero-order valence-electron chi connectivity index (χ0n) is 15.3. The number of carbonyl (C=O) groups excluding carboxylic acids is 2. The molecule has 0 fully saturated rings. The van der Waals surface area contributed by atoms with Crippen LogP contribution in [-0.4, -0.2) is 25.5 Å². The molecule has 28 heavy (non-hydrogen) atoms. The van der Waals surface area contributed by atoms with Gasteiger partial charge in [0, 0.05) is 23.1 Å². The number of carbonyl (C=O) groups is 2. The number of ether oxygens (including phenoxy) is 2. The lowest BCUT2D eigenvalue weighted by atomic mass is 10.1. The monoisotopic (exact) mass is 381 g/mol. The molecule has 144 valence electrons. The van der Waals surface area contributed by atoms with Gasteiger partial charge in [-0.2, -0.15) is 0 Å². The fraction of sp³-hybridized carbons (Fsp3) is 0.190. The van der Waals surface area contributed by atoms with E-state index in [1.54, 1.807) is 18.2 Å². The van der Waals surface area contributed by atoms with Gasteiger partial charge in [0.2, 0.25) is 5.91 Å². The van der Waals surface area contributed by atoms with Crippen molar-refractivity contribution in [1.82, 2.24) is 5.32 Å². The Kier molecular flexibility index (Phi) is 6.06. The van der Waals surface area contributed by atoms with Gasteiger partial charge in [-0.25, -0.2) is 4.79 Å². The summed E-state index contributed by atoms with van der Waals surface area (Å²) in [5.74, 6) is -0.330. The van der Waals surface area contributed by atoms with Crippen LogP contribution in [0.2, 0.25) is 0 Å². The molecule has 0 saturated carbocycles. The van der Waals surface area contributed by atoms with E-state index in [0.717, 1.165) is 5.56 Å². The third-order valence-corrected chi connectivity index (χ3v) is 4.06. The van der Waals surface area contributed by atoms with Crippen LogP contribution in [0.5, 0.6) is 5.75 Å². The summed E-state index contributed by atoms with van der Waals surface area (Å²) >= 11 is 0. The first-order chi connectivity index (χ1) is 13.5. The van der Waals surface area contributed by atoms with Crippen molar-refractivity contribution in [2.24, 2.45) is 0 Å². The van der Waals surface area contributed by atoms with E-state index in [0.29, 0.717) is 22.3 Å². The average molecular weight is 381 g/mol. The molecule has 1 amide bonds. The normalized spacial score (nSPS) is 10.5. The zero-order chi connectivity index (χ0) is 19.9. The Labute approximate surface area is 160 Å². The molecule has 0 aliphatic carbocycles. The standard InChI is InChI=1S/C21H19NO6/c1-26-16-7-8-17-15(10-20(24)28-18(17)11-16)13-27-21(25)12-22-19(23)9-14-5-3-2-4-6-14/h2-8,10-11H,9,12-13H2,1H3,(H,22,23). The van der Waals surface area contributed by atoms with Crippen LogP contribution in [0.25, 0.3) is 11.0 Å². The molecule has 7 nitrogen and oxygen atoms in total. The number of hydrogen-bond acceptors (Lipinski definition) is 6. The first-order valence-electron chi connectivity index (χ1n) is 8.62. The van der Waals surface area contributed by atoms with Crippen molar-refractivity contribution < 1.29 is 23.5 Å². The Balaban J connectivity index is 1.57. The summed E-state index contributed by atoms with van der Waals surface area (Å²) in [6.07, 6.45) is 0.181. The van der Waals surface area contributed by atoms with Gasteiger partial charge in [0.25, 0.3) is 0 Å². The van der Waals surface area contributed by atoms with Gasteiger partial charge in [-0.05, 0) is 17.7 Å². The molecule has 0 bridgehead atoms. The predicted octanol–water partition coefficient (Wildman–Crippen LogP) is 2.20. The fourth-order valence-electron chi connectivity index (χ4n) is 2.68. The van der Waals surface area contributed by atoms with Crippen LogP contribution >= 0.6 is 0 Å². The van der Waals surface area contributed by atoms with Crippen LogP contribution in [0.1, 0.15) is 11.1 Å². The molecule has 1 N–H and O–H groups in total. The second-order valence-electron chi connectivity index (χ2n) is 6.05. The smallest absolute Gasteiger partial charge is 0.336 e. The van der Waals surface area contributed by atoms with Crippen molar-refractivity contribution in [1.29, 1.82) is 0 Å². The molecule has 2 aromatic carbocycles. The minimum Gasteiger partial charge on any atom is -0.497 e. The van der Waals surface area contributed by atoms with Gasteiger partial charge >= 0.3 is 11.6 Å². The van der Waals surface area contributed by atoms with E-state index < -0.39 is 11.6 Å². The summed E-state index contributed by atoms with van der Waals surface area (Å²) < 4.78 is 15.4. The highest BCUT2D eigenvalue weighted by molar-refractivity contribution is 5.84. The molecular weight excluding hydrogens is 362 g/mol. The number of fused-ring (bicyclic) bond motifs is 1. The minimum absolute atomic E-state index is 0.109. The number of hydrogen-bond donors (Lipinski definition) is 1. The van der Waals surface area contributed by atoms with E-state index in [1.807, 2.05) is 30.3 Å². The molecule has 1 aromatic heterocycles. The number of benzene rings is 2. The SMILES string of the molecule is COc1ccc2c(COC(=O)CNC(=O)Cc3ccccc3)cc(=O)oc2c1. The number of rotatable bonds is 7. The maximum Gasteiger partial charge on any atom is 0.336 e. The molecule has 0 aliphatic rings. The topological polar surface area (TPSA) is 94.8 Å². The van der Waals surface area contributed by atoms with Gasteiger partial charge in [0.15, 0.2) is 0 Å². The number of methoxy groups -OCH3 is 1. The Morgan fingerprint density at radius 1 is 1.07 bits per heavy atom. The van der Waals surface area contributed by atoms with E-state index in [2.05, 4.69) is 5.32 Å². The van der Waals surface area contributed by atoms with Gasteiger partial charge in [-0.3, -0.25) is 9.59 Å². The second-order valence-corrected chi connectivity index (χ2v) is 6.05. The highest BCUT2D eigenvalue weighted by atomic mass is 16.5. The van der Waals surface area contributed by atoms with Crippen molar-refractivity contribution in [3.63, 3.8) is 0 Å². The average Bonchev–Trinajstić information content (AvgIpc) is 2.70. The molecule has 0 aliphatic heterocycles. The first kappa shape index (κ1) is 19.2. The molecule has 7 heteroatoms. The van der Waals surface area contributed by atoms with Crippen molar-refractivity contribution >= 4 is 22.8 Å². The molecule has 3 aromatic rings. The maximum atomic E-state index is 11.9. The zero-order valence-corrected chi connectivity index (χ0v) is 15.3. The Bertz CT molecular complexity index is 1040. The number of amides is 1. The molecule has 1 heterocycles. The highest BCUT2D eigenvalue weighted by Crippen LogP contribution is 2.22. The molecule has 0 saturated heterocycles. The van der Waals surface area contributed by atoms with Crippen LogP contribution in [0.4, 0.5) is 0 Å². The lowest BCUT2D eigenvalue weighted by molar-refractivity contribution is -0.145. The van der Waals surface area contributed by atoms with Crippen LogP contribution in [0.3, 0.4) is 0 Å². The van der Waals surface area contributed by atoms with Gasteiger partial charge in [-0.1, -0.05) is 30.3 Å². The summed E-state index contributed by atoms with van der Waals surface area (Å²) in [5, 5.41) is 3.16. The fourth-order valence-corrected chi connectivity index (χ4v) is 2.68. The summed E-state index contributed by atoms with van der Waals surface area (Å²) in [5.41, 5.74) is 1.15. The Morgan fingerprint density at radius 2 is 1.86 bits per heavy atom. The minimum atomic E-state index is -0.601. The number of esters is 1. The molecular formula is C21H19NO6. The van der Waals surface area contributed by atoms with Crippen molar-refractivity contribution in [2.75, 3.05) is 13.7 Å². The van der Waals surface area contributed by atoms with E-state index >= 15 is 0 Å². The van der Waals surface area contributed by atoms with Gasteiger partial charge in [0.1, 0.15) is 24.5 Å². The van der Waals surface area contributed by atoms with Gasteiger partial charge in [-0.15, -0.1) is 0 Å². The van der Waals surface area contributed by atoms with Crippen molar-refractivity contribution in [3.05, 3.63) is 76.1 Å². The first-order valence-corrected chi connectivity index (χ1v) is 8.62. The number of nitrogens with one attached hydrogen (secondary N) is 1. The Morgan fingerprint density at radius 3 is 2.61 bits per heavy atom. The summed E-state index contributed by atoms with van der Waals surface area (Å²) in [6, 6.07) is 15.5. The van der Waals surface area contributed by atoms with Gasteiger partial charge < -0.3 is 19.2 Å². The van der Waals surface area contributed by atoms with Crippen LogP contribution < -0.4 is 15.7 Å².